The third kappa shape index (κ3) is 14.8. The highest BCUT2D eigenvalue weighted by atomic mass is 16.5. The third-order valence-corrected chi connectivity index (χ3v) is 2.19. The van der Waals surface area contributed by atoms with E-state index < -0.39 is 12.1 Å². The minimum Gasteiger partial charge on any atom is -0.466 e. The number of carbonyl (C=O) groups excluding carboxylic acids is 2. The number of hydrogen-bond donors (Lipinski definition) is 1. The van der Waals surface area contributed by atoms with Crippen LogP contribution < -0.4 is 0 Å². The van der Waals surface area contributed by atoms with Gasteiger partial charge in [-0.05, 0) is 27.7 Å². The molecule has 0 fully saturated rings. The van der Waals surface area contributed by atoms with Gasteiger partial charge in [-0.1, -0.05) is 0 Å². The first kappa shape index (κ1) is 20.2. The zero-order valence-electron chi connectivity index (χ0n) is 12.7. The Kier molecular flexibility index (Phi) is 11.4. The van der Waals surface area contributed by atoms with Gasteiger partial charge in [0, 0.05) is 20.5 Å². The molecule has 0 radical (unpaired) electrons. The van der Waals surface area contributed by atoms with Gasteiger partial charge in [0.1, 0.15) is 6.10 Å². The van der Waals surface area contributed by atoms with Gasteiger partial charge in [-0.15, -0.1) is 0 Å². The summed E-state index contributed by atoms with van der Waals surface area (Å²) in [6.45, 7) is 9.13. The summed E-state index contributed by atoms with van der Waals surface area (Å²) in [4.78, 5) is 20.6. The molecular weight excluding hydrogens is 252 g/mol. The minimum atomic E-state index is -0.991. The fourth-order valence-electron chi connectivity index (χ4n) is 0.805. The monoisotopic (exact) mass is 278 g/mol. The molecule has 0 aliphatic carbocycles. The van der Waals surface area contributed by atoms with Crippen molar-refractivity contribution < 1.29 is 28.9 Å². The molecule has 0 aromatic rings. The van der Waals surface area contributed by atoms with Gasteiger partial charge in [0.15, 0.2) is 0 Å². The summed E-state index contributed by atoms with van der Waals surface area (Å²) in [5.74, 6) is -0.801. The predicted octanol–water partition coefficient (Wildman–Crippen LogP) is 1.29. The summed E-state index contributed by atoms with van der Waals surface area (Å²) in [5.41, 5.74) is -0.199. The van der Waals surface area contributed by atoms with Gasteiger partial charge in [0.25, 0.3) is 0 Å². The van der Waals surface area contributed by atoms with E-state index in [4.69, 9.17) is 14.6 Å². The van der Waals surface area contributed by atoms with Crippen LogP contribution in [0.25, 0.3) is 0 Å². The van der Waals surface area contributed by atoms with Crippen molar-refractivity contribution >= 4 is 11.9 Å². The highest BCUT2D eigenvalue weighted by Crippen LogP contribution is 2.12. The normalized spacial score (nSPS) is 11.9. The average Bonchev–Trinajstić information content (AvgIpc) is 2.29. The zero-order valence-corrected chi connectivity index (χ0v) is 12.7. The summed E-state index contributed by atoms with van der Waals surface area (Å²) in [7, 11) is 1.65. The fourth-order valence-corrected chi connectivity index (χ4v) is 0.805. The summed E-state index contributed by atoms with van der Waals surface area (Å²) in [5, 5.41) is 8.48. The fraction of sp³-hybridized carbons (Fsp3) is 0.846. The number of aliphatic hydroxyl groups excluding tert-OH is 1. The first-order valence-corrected chi connectivity index (χ1v) is 6.19. The lowest BCUT2D eigenvalue weighted by molar-refractivity contribution is -0.152. The van der Waals surface area contributed by atoms with Gasteiger partial charge in [-0.2, -0.15) is 0 Å². The number of hydrogen-bond acceptors (Lipinski definition) is 6. The van der Waals surface area contributed by atoms with Gasteiger partial charge in [0.05, 0.1) is 18.8 Å². The maximum atomic E-state index is 10.4. The SMILES string of the molecule is CCOC(=O)C(C)O.COC(C)(C)CCOC(C)=O. The maximum Gasteiger partial charge on any atom is 0.334 e. The number of rotatable bonds is 6. The molecule has 0 aromatic heterocycles. The molecule has 0 aliphatic rings. The first-order valence-electron chi connectivity index (χ1n) is 6.19. The van der Waals surface area contributed by atoms with Gasteiger partial charge in [0.2, 0.25) is 0 Å². The van der Waals surface area contributed by atoms with Crippen LogP contribution in [-0.4, -0.2) is 49.1 Å². The maximum absolute atomic E-state index is 10.4. The Morgan fingerprint density at radius 1 is 1.26 bits per heavy atom. The Bertz CT molecular complexity index is 260. The Morgan fingerprint density at radius 3 is 2.05 bits per heavy atom. The number of carbonyl (C=O) groups is 2. The Morgan fingerprint density at radius 2 is 1.79 bits per heavy atom. The molecule has 1 atom stereocenters. The van der Waals surface area contributed by atoms with Crippen LogP contribution in [0.15, 0.2) is 0 Å². The second-order valence-electron chi connectivity index (χ2n) is 4.48. The van der Waals surface area contributed by atoms with Crippen LogP contribution in [0.3, 0.4) is 0 Å². The van der Waals surface area contributed by atoms with E-state index in [1.807, 2.05) is 13.8 Å². The number of aliphatic hydroxyl groups is 1. The van der Waals surface area contributed by atoms with Crippen LogP contribution in [-0.2, 0) is 23.8 Å². The summed E-state index contributed by atoms with van der Waals surface area (Å²) >= 11 is 0. The van der Waals surface area contributed by atoms with E-state index in [1.54, 1.807) is 14.0 Å². The lowest BCUT2D eigenvalue weighted by atomic mass is 10.1. The largest absolute Gasteiger partial charge is 0.466 e. The van der Waals surface area contributed by atoms with Crippen molar-refractivity contribution in [2.24, 2.45) is 0 Å². The minimum absolute atomic E-state index is 0.199. The third-order valence-electron chi connectivity index (χ3n) is 2.19. The van der Waals surface area contributed by atoms with E-state index in [0.29, 0.717) is 13.2 Å². The molecule has 1 unspecified atom stereocenters. The highest BCUT2D eigenvalue weighted by Gasteiger charge is 2.15. The Hall–Kier alpha value is -1.14. The molecule has 1 N–H and O–H groups in total. The average molecular weight is 278 g/mol. The summed E-state index contributed by atoms with van der Waals surface area (Å²) in [6.07, 6.45) is -0.266. The van der Waals surface area contributed by atoms with Crippen molar-refractivity contribution in [2.75, 3.05) is 20.3 Å². The Labute approximate surface area is 115 Å². The van der Waals surface area contributed by atoms with Crippen LogP contribution >= 0.6 is 0 Å². The van der Waals surface area contributed by atoms with Crippen LogP contribution in [0.5, 0.6) is 0 Å². The van der Waals surface area contributed by atoms with E-state index in [-0.39, 0.29) is 11.6 Å². The van der Waals surface area contributed by atoms with Gasteiger partial charge in [-0.3, -0.25) is 4.79 Å². The van der Waals surface area contributed by atoms with Crippen LogP contribution in [0, 0.1) is 0 Å². The molecule has 0 bridgehead atoms. The van der Waals surface area contributed by atoms with Gasteiger partial charge in [-0.25, -0.2) is 4.79 Å². The molecule has 0 amide bonds. The van der Waals surface area contributed by atoms with Crippen molar-refractivity contribution in [1.29, 1.82) is 0 Å². The summed E-state index contributed by atoms with van der Waals surface area (Å²) in [6, 6.07) is 0. The molecule has 0 spiro atoms. The highest BCUT2D eigenvalue weighted by molar-refractivity contribution is 5.73. The van der Waals surface area contributed by atoms with Crippen LogP contribution in [0.2, 0.25) is 0 Å². The molecule has 6 heteroatoms. The van der Waals surface area contributed by atoms with E-state index in [0.717, 1.165) is 6.42 Å². The molecule has 0 heterocycles. The van der Waals surface area contributed by atoms with E-state index >= 15 is 0 Å². The molecule has 0 saturated carbocycles. The molecule has 19 heavy (non-hydrogen) atoms. The molecule has 0 aromatic carbocycles. The van der Waals surface area contributed by atoms with Crippen LogP contribution in [0.4, 0.5) is 0 Å². The molecule has 0 aliphatic heterocycles. The molecular formula is C13H26O6. The van der Waals surface area contributed by atoms with E-state index in [2.05, 4.69) is 4.74 Å². The Balaban J connectivity index is 0. The van der Waals surface area contributed by atoms with Gasteiger partial charge < -0.3 is 19.3 Å². The first-order chi connectivity index (χ1) is 8.66. The quantitative estimate of drug-likeness (QED) is 0.737. The van der Waals surface area contributed by atoms with Crippen LogP contribution in [0.1, 0.15) is 41.0 Å². The standard InChI is InChI=1S/C8H16O3.C5H10O3/c1-7(9)11-6-5-8(2,3)10-4;1-3-8-5(7)4(2)6/h5-6H2,1-4H3;4,6H,3H2,1-2H3. The topological polar surface area (TPSA) is 82.1 Å². The molecule has 0 rings (SSSR count). The van der Waals surface area contributed by atoms with E-state index in [9.17, 15) is 9.59 Å². The molecule has 0 saturated heterocycles. The summed E-state index contributed by atoms with van der Waals surface area (Å²) < 4.78 is 14.3. The van der Waals surface area contributed by atoms with Crippen molar-refractivity contribution in [1.82, 2.24) is 0 Å². The van der Waals surface area contributed by atoms with Crippen molar-refractivity contribution in [2.45, 2.75) is 52.7 Å². The molecule has 6 nitrogen and oxygen atoms in total. The van der Waals surface area contributed by atoms with Gasteiger partial charge >= 0.3 is 11.9 Å². The van der Waals surface area contributed by atoms with Crippen molar-refractivity contribution in [3.05, 3.63) is 0 Å². The smallest absolute Gasteiger partial charge is 0.334 e. The number of methoxy groups -OCH3 is 1. The van der Waals surface area contributed by atoms with E-state index in [1.165, 1.54) is 13.8 Å². The zero-order chi connectivity index (χ0) is 15.5. The number of ether oxygens (including phenoxy) is 3. The predicted molar refractivity (Wildman–Crippen MR) is 70.7 cm³/mol. The number of esters is 2. The lowest BCUT2D eigenvalue weighted by Gasteiger charge is -2.21. The molecule has 114 valence electrons. The lowest BCUT2D eigenvalue weighted by Crippen LogP contribution is -2.24. The second kappa shape index (κ2) is 10.8. The van der Waals surface area contributed by atoms with Crippen molar-refractivity contribution in [3.8, 4) is 0 Å². The van der Waals surface area contributed by atoms with Crippen molar-refractivity contribution in [3.63, 3.8) is 0 Å². The second-order valence-corrected chi connectivity index (χ2v) is 4.48.